The first kappa shape index (κ1) is 17.8. The average molecular weight is 358 g/mol. The number of aromatic nitrogens is 5. The second kappa shape index (κ2) is 8.37. The Kier molecular flexibility index (Phi) is 5.72. The summed E-state index contributed by atoms with van der Waals surface area (Å²) in [6.07, 6.45) is 6.53. The summed E-state index contributed by atoms with van der Waals surface area (Å²) in [5, 5.41) is 12.7. The Morgan fingerprint density at radius 3 is 2.92 bits per heavy atom. The topological polar surface area (TPSA) is 120 Å². The maximum absolute atomic E-state index is 12.4. The van der Waals surface area contributed by atoms with Gasteiger partial charge < -0.3 is 15.1 Å². The third-order valence-electron chi connectivity index (χ3n) is 4.35. The van der Waals surface area contributed by atoms with Crippen molar-refractivity contribution in [2.24, 2.45) is 5.92 Å². The molecular weight excluding hydrogens is 336 g/mol. The van der Waals surface area contributed by atoms with Crippen molar-refractivity contribution in [1.82, 2.24) is 35.6 Å². The standard InChI is InChI=1S/C16H22N8O2/c1-23(15(26)13-10-20-22-21-13)9-7-17-14(25)12-4-2-8-24(11-12)16-18-5-3-6-19-16/h3,5-6,10,12H,2,4,7-9,11H2,1H3,(H,17,25)(H,20,21,22). The normalized spacial score (nSPS) is 17.0. The van der Waals surface area contributed by atoms with Gasteiger partial charge in [-0.1, -0.05) is 0 Å². The predicted octanol–water partition coefficient (Wildman–Crippen LogP) is -0.300. The number of nitrogens with zero attached hydrogens (tertiary/aromatic N) is 6. The molecule has 3 heterocycles. The van der Waals surface area contributed by atoms with Crippen LogP contribution in [-0.4, -0.2) is 75.3 Å². The minimum atomic E-state index is -0.238. The van der Waals surface area contributed by atoms with Gasteiger partial charge in [0, 0.05) is 45.6 Å². The summed E-state index contributed by atoms with van der Waals surface area (Å²) >= 11 is 0. The first-order chi connectivity index (χ1) is 12.6. The van der Waals surface area contributed by atoms with Crippen LogP contribution in [-0.2, 0) is 4.79 Å². The highest BCUT2D eigenvalue weighted by molar-refractivity contribution is 5.91. The summed E-state index contributed by atoms with van der Waals surface area (Å²) in [5.74, 6) is 0.304. The fraction of sp³-hybridized carbons (Fsp3) is 0.500. The number of carbonyl (C=O) groups is 2. The van der Waals surface area contributed by atoms with Gasteiger partial charge in [-0.3, -0.25) is 9.59 Å². The smallest absolute Gasteiger partial charge is 0.275 e. The minimum absolute atomic E-state index is 0.00656. The fourth-order valence-electron chi connectivity index (χ4n) is 2.92. The number of piperidine rings is 1. The van der Waals surface area contributed by atoms with Gasteiger partial charge in [-0.25, -0.2) is 9.97 Å². The van der Waals surface area contributed by atoms with E-state index in [-0.39, 0.29) is 23.4 Å². The SMILES string of the molecule is CN(CCNC(=O)C1CCCN(c2ncccn2)C1)C(=O)c1cn[nH]n1. The van der Waals surface area contributed by atoms with E-state index in [2.05, 4.69) is 30.7 Å². The lowest BCUT2D eigenvalue weighted by Gasteiger charge is -2.32. The van der Waals surface area contributed by atoms with Gasteiger partial charge in [0.1, 0.15) is 0 Å². The number of anilines is 1. The summed E-state index contributed by atoms with van der Waals surface area (Å²) in [6, 6.07) is 1.77. The fourth-order valence-corrected chi connectivity index (χ4v) is 2.92. The number of hydrogen-bond donors (Lipinski definition) is 2. The molecule has 1 aliphatic heterocycles. The maximum Gasteiger partial charge on any atom is 0.275 e. The lowest BCUT2D eigenvalue weighted by atomic mass is 9.97. The summed E-state index contributed by atoms with van der Waals surface area (Å²) in [4.78, 5) is 36.5. The first-order valence-corrected chi connectivity index (χ1v) is 8.56. The van der Waals surface area contributed by atoms with E-state index in [4.69, 9.17) is 0 Å². The van der Waals surface area contributed by atoms with Crippen molar-refractivity contribution in [3.63, 3.8) is 0 Å². The molecule has 1 fully saturated rings. The number of carbonyl (C=O) groups excluding carboxylic acids is 2. The van der Waals surface area contributed by atoms with Crippen LogP contribution in [0.15, 0.2) is 24.7 Å². The van der Waals surface area contributed by atoms with Gasteiger partial charge in [-0.2, -0.15) is 15.4 Å². The Balaban J connectivity index is 1.45. The Morgan fingerprint density at radius 1 is 1.38 bits per heavy atom. The third-order valence-corrected chi connectivity index (χ3v) is 4.35. The zero-order valence-corrected chi connectivity index (χ0v) is 14.6. The monoisotopic (exact) mass is 358 g/mol. The first-order valence-electron chi connectivity index (χ1n) is 8.56. The average Bonchev–Trinajstić information content (AvgIpc) is 3.22. The van der Waals surface area contributed by atoms with Crippen LogP contribution in [0.3, 0.4) is 0 Å². The van der Waals surface area contributed by atoms with Crippen LogP contribution in [0.5, 0.6) is 0 Å². The van der Waals surface area contributed by atoms with Crippen molar-refractivity contribution in [2.45, 2.75) is 12.8 Å². The van der Waals surface area contributed by atoms with E-state index in [0.717, 1.165) is 19.4 Å². The molecule has 26 heavy (non-hydrogen) atoms. The summed E-state index contributed by atoms with van der Waals surface area (Å²) in [5.41, 5.74) is 0.254. The lowest BCUT2D eigenvalue weighted by molar-refractivity contribution is -0.125. The van der Waals surface area contributed by atoms with E-state index in [1.54, 1.807) is 25.5 Å². The molecule has 0 spiro atoms. The summed E-state index contributed by atoms with van der Waals surface area (Å²) in [6.45, 7) is 2.24. The molecule has 2 aromatic heterocycles. The number of rotatable bonds is 6. The molecule has 0 saturated carbocycles. The van der Waals surface area contributed by atoms with E-state index in [0.29, 0.717) is 25.6 Å². The van der Waals surface area contributed by atoms with E-state index < -0.39 is 0 Å². The number of H-pyrrole nitrogens is 1. The van der Waals surface area contributed by atoms with Crippen molar-refractivity contribution in [3.8, 4) is 0 Å². The van der Waals surface area contributed by atoms with Gasteiger partial charge in [-0.15, -0.1) is 0 Å². The predicted molar refractivity (Wildman–Crippen MR) is 93.3 cm³/mol. The molecule has 1 unspecified atom stereocenters. The van der Waals surface area contributed by atoms with Crippen molar-refractivity contribution in [1.29, 1.82) is 0 Å². The molecule has 0 aliphatic carbocycles. The highest BCUT2D eigenvalue weighted by atomic mass is 16.2. The second-order valence-electron chi connectivity index (χ2n) is 6.21. The molecule has 1 saturated heterocycles. The van der Waals surface area contributed by atoms with Crippen LogP contribution in [0, 0.1) is 5.92 Å². The zero-order chi connectivity index (χ0) is 18.4. The van der Waals surface area contributed by atoms with Gasteiger partial charge >= 0.3 is 0 Å². The summed E-state index contributed by atoms with van der Waals surface area (Å²) in [7, 11) is 1.66. The Labute approximate surface area is 151 Å². The molecule has 0 bridgehead atoms. The van der Waals surface area contributed by atoms with Crippen LogP contribution in [0.1, 0.15) is 23.3 Å². The van der Waals surface area contributed by atoms with Crippen molar-refractivity contribution in [2.75, 3.05) is 38.1 Å². The summed E-state index contributed by atoms with van der Waals surface area (Å²) < 4.78 is 0. The minimum Gasteiger partial charge on any atom is -0.354 e. The van der Waals surface area contributed by atoms with Crippen LogP contribution >= 0.6 is 0 Å². The van der Waals surface area contributed by atoms with Gasteiger partial charge in [0.2, 0.25) is 11.9 Å². The zero-order valence-electron chi connectivity index (χ0n) is 14.6. The van der Waals surface area contributed by atoms with E-state index in [9.17, 15) is 9.59 Å². The van der Waals surface area contributed by atoms with E-state index >= 15 is 0 Å². The Morgan fingerprint density at radius 2 is 2.19 bits per heavy atom. The van der Waals surface area contributed by atoms with Gasteiger partial charge in [0.05, 0.1) is 12.1 Å². The molecule has 10 nitrogen and oxygen atoms in total. The molecule has 138 valence electrons. The van der Waals surface area contributed by atoms with Crippen molar-refractivity contribution in [3.05, 3.63) is 30.4 Å². The molecule has 3 rings (SSSR count). The molecular formula is C16H22N8O2. The quantitative estimate of drug-likeness (QED) is 0.727. The Bertz CT molecular complexity index is 721. The molecule has 2 amide bonds. The highest BCUT2D eigenvalue weighted by Gasteiger charge is 2.27. The number of likely N-dealkylation sites (N-methyl/N-ethyl adjacent to an activating group) is 1. The van der Waals surface area contributed by atoms with Crippen LogP contribution in [0.4, 0.5) is 5.95 Å². The molecule has 1 aliphatic rings. The molecule has 2 aromatic rings. The molecule has 1 atom stereocenters. The van der Waals surface area contributed by atoms with Crippen molar-refractivity contribution >= 4 is 17.8 Å². The van der Waals surface area contributed by atoms with Gasteiger partial charge in [0.15, 0.2) is 5.69 Å². The molecule has 0 radical (unpaired) electrons. The molecule has 10 heteroatoms. The molecule has 2 N–H and O–H groups in total. The largest absolute Gasteiger partial charge is 0.354 e. The third kappa shape index (κ3) is 4.32. The molecule has 0 aromatic carbocycles. The van der Waals surface area contributed by atoms with E-state index in [1.807, 2.05) is 4.90 Å². The Hall–Kier alpha value is -3.04. The van der Waals surface area contributed by atoms with Crippen LogP contribution in [0.25, 0.3) is 0 Å². The van der Waals surface area contributed by atoms with Crippen LogP contribution in [0.2, 0.25) is 0 Å². The maximum atomic E-state index is 12.4. The second-order valence-corrected chi connectivity index (χ2v) is 6.21. The van der Waals surface area contributed by atoms with E-state index in [1.165, 1.54) is 11.1 Å². The lowest BCUT2D eigenvalue weighted by Crippen LogP contribution is -2.45. The van der Waals surface area contributed by atoms with Crippen LogP contribution < -0.4 is 10.2 Å². The number of amides is 2. The number of hydrogen-bond acceptors (Lipinski definition) is 7. The highest BCUT2D eigenvalue weighted by Crippen LogP contribution is 2.19. The number of aromatic amines is 1. The van der Waals surface area contributed by atoms with Crippen molar-refractivity contribution < 1.29 is 9.59 Å². The van der Waals surface area contributed by atoms with Gasteiger partial charge in [0.25, 0.3) is 5.91 Å². The van der Waals surface area contributed by atoms with Gasteiger partial charge in [-0.05, 0) is 18.9 Å². The number of nitrogens with one attached hydrogen (secondary N) is 2.